The first-order valence-corrected chi connectivity index (χ1v) is 10.9. The van der Waals surface area contributed by atoms with Gasteiger partial charge in [0.15, 0.2) is 11.4 Å². The first-order valence-electron chi connectivity index (χ1n) is 10.1. The number of ether oxygens (including phenoxy) is 1. The van der Waals surface area contributed by atoms with Crippen LogP contribution >= 0.6 is 15.9 Å². The van der Waals surface area contributed by atoms with Gasteiger partial charge in [-0.2, -0.15) is 0 Å². The number of nitrogens with one attached hydrogen (secondary N) is 1. The van der Waals surface area contributed by atoms with E-state index in [0.717, 1.165) is 60.7 Å². The molecular formula is C21H24BrN5O3. The first-order chi connectivity index (χ1) is 14.6. The fourth-order valence-corrected chi connectivity index (χ4v) is 4.25. The summed E-state index contributed by atoms with van der Waals surface area (Å²) in [6.45, 7) is 6.81. The Morgan fingerprint density at radius 3 is 2.97 bits per heavy atom. The van der Waals surface area contributed by atoms with E-state index in [9.17, 15) is 10.1 Å². The highest BCUT2D eigenvalue weighted by Gasteiger charge is 2.22. The maximum Gasteiger partial charge on any atom is 0.311 e. The van der Waals surface area contributed by atoms with Crippen LogP contribution in [0.5, 0.6) is 5.75 Å². The van der Waals surface area contributed by atoms with Crippen molar-refractivity contribution in [2.45, 2.75) is 19.9 Å². The number of nitro benzene ring substituents is 1. The molecule has 1 aromatic carbocycles. The zero-order valence-electron chi connectivity index (χ0n) is 16.8. The van der Waals surface area contributed by atoms with Gasteiger partial charge < -0.3 is 14.5 Å². The van der Waals surface area contributed by atoms with Crippen molar-refractivity contribution in [2.24, 2.45) is 0 Å². The lowest BCUT2D eigenvalue weighted by Crippen LogP contribution is -2.28. The molecule has 9 heteroatoms. The number of fused-ring (bicyclic) bond motifs is 1. The minimum absolute atomic E-state index is 0.0459. The van der Waals surface area contributed by atoms with Crippen LogP contribution in [0.4, 0.5) is 5.69 Å². The molecule has 0 radical (unpaired) electrons. The Balaban J connectivity index is 1.82. The molecule has 1 aliphatic heterocycles. The van der Waals surface area contributed by atoms with Gasteiger partial charge in [-0.3, -0.25) is 15.0 Å². The lowest BCUT2D eigenvalue weighted by molar-refractivity contribution is -0.385. The summed E-state index contributed by atoms with van der Waals surface area (Å²) in [5.74, 6) is 0.274. The number of halogens is 1. The topological polar surface area (TPSA) is 84.9 Å². The lowest BCUT2D eigenvalue weighted by Gasteiger charge is -2.20. The second kappa shape index (κ2) is 9.11. The van der Waals surface area contributed by atoms with Gasteiger partial charge in [0, 0.05) is 37.5 Å². The largest absolute Gasteiger partial charge is 0.487 e. The van der Waals surface area contributed by atoms with Crippen LogP contribution in [0, 0.1) is 10.1 Å². The predicted molar refractivity (Wildman–Crippen MR) is 119 cm³/mol. The Labute approximate surface area is 183 Å². The smallest absolute Gasteiger partial charge is 0.311 e. The summed E-state index contributed by atoms with van der Waals surface area (Å²) < 4.78 is 8.40. The molecule has 1 saturated heterocycles. The first kappa shape index (κ1) is 20.8. The Hall–Kier alpha value is -2.49. The number of hydrogen-bond acceptors (Lipinski definition) is 6. The summed E-state index contributed by atoms with van der Waals surface area (Å²) >= 11 is 3.59. The van der Waals surface area contributed by atoms with E-state index in [1.165, 1.54) is 0 Å². The molecule has 158 valence electrons. The summed E-state index contributed by atoms with van der Waals surface area (Å²) in [5, 5.41) is 15.1. The van der Waals surface area contributed by atoms with Crippen LogP contribution in [0.15, 0.2) is 41.0 Å². The predicted octanol–water partition coefficient (Wildman–Crippen LogP) is 3.87. The molecule has 1 fully saturated rings. The Morgan fingerprint density at radius 2 is 2.17 bits per heavy atom. The monoisotopic (exact) mass is 473 g/mol. The molecule has 4 rings (SSSR count). The molecule has 1 aliphatic rings. The lowest BCUT2D eigenvalue weighted by atomic mass is 10.1. The minimum atomic E-state index is -0.402. The van der Waals surface area contributed by atoms with Gasteiger partial charge in [0.1, 0.15) is 0 Å². The fraction of sp³-hybridized carbons (Fsp3) is 0.381. The van der Waals surface area contributed by atoms with Crippen LogP contribution in [0.25, 0.3) is 16.9 Å². The fourth-order valence-electron chi connectivity index (χ4n) is 3.82. The summed E-state index contributed by atoms with van der Waals surface area (Å²) in [7, 11) is 0. The van der Waals surface area contributed by atoms with Crippen molar-refractivity contribution in [3.05, 3.63) is 56.8 Å². The molecule has 3 heterocycles. The van der Waals surface area contributed by atoms with E-state index in [4.69, 9.17) is 9.72 Å². The molecule has 30 heavy (non-hydrogen) atoms. The van der Waals surface area contributed by atoms with Gasteiger partial charge in [-0.1, -0.05) is 0 Å². The molecule has 1 N–H and O–H groups in total. The van der Waals surface area contributed by atoms with Gasteiger partial charge in [-0.15, -0.1) is 0 Å². The SMILES string of the molecule is CCOc1ccc(-c2nc3c(Br)cccn3c2CN2CCCNCC2)cc1[N+](=O)[O-]. The number of benzene rings is 1. The Morgan fingerprint density at radius 1 is 1.30 bits per heavy atom. The Kier molecular flexibility index (Phi) is 6.31. The van der Waals surface area contributed by atoms with E-state index in [1.54, 1.807) is 12.1 Å². The van der Waals surface area contributed by atoms with E-state index in [0.29, 0.717) is 12.2 Å². The minimum Gasteiger partial charge on any atom is -0.487 e. The summed E-state index contributed by atoms with van der Waals surface area (Å²) in [4.78, 5) is 18.5. The molecule has 0 spiro atoms. The van der Waals surface area contributed by atoms with E-state index >= 15 is 0 Å². The highest BCUT2D eigenvalue weighted by atomic mass is 79.9. The summed E-state index contributed by atoms with van der Waals surface area (Å²) in [6, 6.07) is 8.99. The average molecular weight is 474 g/mol. The number of nitro groups is 1. The zero-order valence-corrected chi connectivity index (χ0v) is 18.4. The molecular weight excluding hydrogens is 450 g/mol. The van der Waals surface area contributed by atoms with E-state index in [2.05, 4.69) is 30.5 Å². The molecule has 3 aromatic rings. The zero-order chi connectivity index (χ0) is 21.1. The second-order valence-electron chi connectivity index (χ2n) is 7.21. The van der Waals surface area contributed by atoms with Crippen LogP contribution < -0.4 is 10.1 Å². The normalized spacial score (nSPS) is 15.3. The standard InChI is InChI=1S/C21H24BrN5O3/c1-2-30-19-7-6-15(13-17(19)27(28)29)20-18(14-25-10-4-8-23-9-12-25)26-11-3-5-16(22)21(26)24-20/h3,5-7,11,13,23H,2,4,8-10,12,14H2,1H3. The summed E-state index contributed by atoms with van der Waals surface area (Å²) in [6.07, 6.45) is 3.08. The van der Waals surface area contributed by atoms with Gasteiger partial charge in [0.05, 0.1) is 27.4 Å². The van der Waals surface area contributed by atoms with Crippen LogP contribution in [0.2, 0.25) is 0 Å². The third-order valence-corrected chi connectivity index (χ3v) is 5.86. The summed E-state index contributed by atoms with van der Waals surface area (Å²) in [5.41, 5.74) is 3.24. The van der Waals surface area contributed by atoms with Crippen LogP contribution in [-0.4, -0.2) is 52.0 Å². The van der Waals surface area contributed by atoms with E-state index in [1.807, 2.05) is 31.3 Å². The van der Waals surface area contributed by atoms with Gasteiger partial charge in [0.2, 0.25) is 0 Å². The highest BCUT2D eigenvalue weighted by Crippen LogP contribution is 2.35. The average Bonchev–Trinajstić information content (AvgIpc) is 2.91. The van der Waals surface area contributed by atoms with Crippen molar-refractivity contribution < 1.29 is 9.66 Å². The molecule has 0 saturated carbocycles. The van der Waals surface area contributed by atoms with E-state index < -0.39 is 4.92 Å². The maximum absolute atomic E-state index is 11.6. The van der Waals surface area contributed by atoms with Crippen LogP contribution in [0.1, 0.15) is 19.0 Å². The van der Waals surface area contributed by atoms with Crippen LogP contribution in [-0.2, 0) is 6.54 Å². The third-order valence-electron chi connectivity index (χ3n) is 5.24. The van der Waals surface area contributed by atoms with Crippen molar-refractivity contribution in [2.75, 3.05) is 32.8 Å². The van der Waals surface area contributed by atoms with Crippen molar-refractivity contribution in [1.82, 2.24) is 19.6 Å². The van der Waals surface area contributed by atoms with Gasteiger partial charge in [0.25, 0.3) is 0 Å². The molecule has 0 bridgehead atoms. The maximum atomic E-state index is 11.6. The van der Waals surface area contributed by atoms with Gasteiger partial charge >= 0.3 is 5.69 Å². The third kappa shape index (κ3) is 4.19. The highest BCUT2D eigenvalue weighted by molar-refractivity contribution is 9.10. The number of aromatic nitrogens is 2. The van der Waals surface area contributed by atoms with E-state index in [-0.39, 0.29) is 11.4 Å². The molecule has 0 aliphatic carbocycles. The van der Waals surface area contributed by atoms with Crippen molar-refractivity contribution in [1.29, 1.82) is 0 Å². The Bertz CT molecular complexity index is 1060. The number of rotatable bonds is 6. The van der Waals surface area contributed by atoms with Crippen molar-refractivity contribution in [3.8, 4) is 17.0 Å². The number of imidazole rings is 1. The van der Waals surface area contributed by atoms with Crippen molar-refractivity contribution in [3.63, 3.8) is 0 Å². The molecule has 0 unspecified atom stereocenters. The quantitative estimate of drug-likeness (QED) is 0.432. The molecule has 8 nitrogen and oxygen atoms in total. The number of pyridine rings is 1. The van der Waals surface area contributed by atoms with Gasteiger partial charge in [-0.25, -0.2) is 4.98 Å². The molecule has 0 atom stereocenters. The van der Waals surface area contributed by atoms with Crippen molar-refractivity contribution >= 4 is 27.3 Å². The molecule has 0 amide bonds. The van der Waals surface area contributed by atoms with Gasteiger partial charge in [-0.05, 0) is 66.6 Å². The number of hydrogen-bond donors (Lipinski definition) is 1. The molecule has 2 aromatic heterocycles. The van der Waals surface area contributed by atoms with Crippen LogP contribution in [0.3, 0.4) is 0 Å². The number of nitrogens with zero attached hydrogens (tertiary/aromatic N) is 4. The second-order valence-corrected chi connectivity index (χ2v) is 8.06.